The van der Waals surface area contributed by atoms with Gasteiger partial charge < -0.3 is 9.47 Å². The summed E-state index contributed by atoms with van der Waals surface area (Å²) < 4.78 is 11.5. The Bertz CT molecular complexity index is 433. The molecule has 1 heterocycles. The van der Waals surface area contributed by atoms with Gasteiger partial charge in [0, 0.05) is 0 Å². The van der Waals surface area contributed by atoms with Crippen LogP contribution >= 0.6 is 0 Å². The van der Waals surface area contributed by atoms with Gasteiger partial charge in [-0.2, -0.15) is 0 Å². The summed E-state index contributed by atoms with van der Waals surface area (Å²) in [6.45, 7) is 11.9. The molecule has 1 fully saturated rings. The second-order valence-electron chi connectivity index (χ2n) is 7.25. The summed E-state index contributed by atoms with van der Waals surface area (Å²) in [4.78, 5) is 0. The molecule has 0 aromatic heterocycles. The summed E-state index contributed by atoms with van der Waals surface area (Å²) in [6, 6.07) is 8.49. The smallest absolute Gasteiger partial charge is 0.119 e. The van der Waals surface area contributed by atoms with Crippen LogP contribution in [0.3, 0.4) is 0 Å². The zero-order valence-electron chi connectivity index (χ0n) is 14.2. The van der Waals surface area contributed by atoms with Crippen LogP contribution in [0.2, 0.25) is 0 Å². The molecule has 0 amide bonds. The zero-order chi connectivity index (χ0) is 15.5. The van der Waals surface area contributed by atoms with Crippen molar-refractivity contribution in [3.05, 3.63) is 29.8 Å². The first-order valence-corrected chi connectivity index (χ1v) is 8.29. The number of hydrogen-bond donors (Lipinski definition) is 0. The number of hydrogen-bond acceptors (Lipinski definition) is 2. The molecule has 21 heavy (non-hydrogen) atoms. The number of epoxide rings is 1. The van der Waals surface area contributed by atoms with Gasteiger partial charge in [0.05, 0.1) is 18.3 Å². The second kappa shape index (κ2) is 6.83. The summed E-state index contributed by atoms with van der Waals surface area (Å²) in [5.74, 6) is 2.26. The number of benzene rings is 1. The van der Waals surface area contributed by atoms with Gasteiger partial charge in [0.15, 0.2) is 0 Å². The fourth-order valence-corrected chi connectivity index (χ4v) is 2.65. The van der Waals surface area contributed by atoms with E-state index in [-0.39, 0.29) is 5.60 Å². The summed E-state index contributed by atoms with van der Waals surface area (Å²) in [6.07, 6.45) is 3.99. The minimum Gasteiger partial charge on any atom is -0.494 e. The van der Waals surface area contributed by atoms with Crippen molar-refractivity contribution in [1.82, 2.24) is 0 Å². The highest BCUT2D eigenvalue weighted by molar-refractivity contribution is 5.28. The van der Waals surface area contributed by atoms with E-state index in [1.165, 1.54) is 18.4 Å². The summed E-state index contributed by atoms with van der Waals surface area (Å²) in [5, 5.41) is 0. The van der Waals surface area contributed by atoms with Gasteiger partial charge in [-0.15, -0.1) is 0 Å². The van der Waals surface area contributed by atoms with Crippen molar-refractivity contribution >= 4 is 0 Å². The van der Waals surface area contributed by atoms with Crippen LogP contribution in [0.15, 0.2) is 24.3 Å². The van der Waals surface area contributed by atoms with Gasteiger partial charge in [-0.05, 0) is 62.6 Å². The molecular formula is C19H30O2. The molecule has 2 atom stereocenters. The summed E-state index contributed by atoms with van der Waals surface area (Å²) in [7, 11) is 0. The minimum absolute atomic E-state index is 0.133. The summed E-state index contributed by atoms with van der Waals surface area (Å²) >= 11 is 0. The van der Waals surface area contributed by atoms with Gasteiger partial charge in [-0.3, -0.25) is 0 Å². The molecule has 0 radical (unpaired) electrons. The van der Waals surface area contributed by atoms with E-state index in [4.69, 9.17) is 9.47 Å². The fourth-order valence-electron chi connectivity index (χ4n) is 2.65. The highest BCUT2D eigenvalue weighted by Crippen LogP contribution is 2.39. The predicted octanol–water partition coefficient (Wildman–Crippen LogP) is 5.17. The van der Waals surface area contributed by atoms with E-state index < -0.39 is 0 Å². The van der Waals surface area contributed by atoms with Crippen molar-refractivity contribution in [2.75, 3.05) is 6.61 Å². The SMILES string of the molecule is CC(CCOc1ccc(C(C)C)cc1)CCC1OC1(C)C. The Balaban J connectivity index is 1.62. The Morgan fingerprint density at radius 1 is 1.10 bits per heavy atom. The van der Waals surface area contributed by atoms with Crippen molar-refractivity contribution in [1.29, 1.82) is 0 Å². The van der Waals surface area contributed by atoms with Crippen molar-refractivity contribution in [2.45, 2.75) is 71.5 Å². The standard InChI is InChI=1S/C19H30O2/c1-14(2)16-7-9-17(10-8-16)20-13-12-15(3)6-11-18-19(4,5)21-18/h7-10,14-15,18H,6,11-13H2,1-5H3. The molecule has 0 N–H and O–H groups in total. The lowest BCUT2D eigenvalue weighted by Crippen LogP contribution is -2.08. The van der Waals surface area contributed by atoms with Crippen molar-refractivity contribution in [3.63, 3.8) is 0 Å². The molecule has 1 aliphatic rings. The average Bonchev–Trinajstić information content (AvgIpc) is 3.04. The Hall–Kier alpha value is -1.02. The molecule has 118 valence electrons. The van der Waals surface area contributed by atoms with E-state index in [0.29, 0.717) is 17.9 Å². The first-order valence-electron chi connectivity index (χ1n) is 8.29. The fraction of sp³-hybridized carbons (Fsp3) is 0.684. The van der Waals surface area contributed by atoms with Gasteiger partial charge in [-0.1, -0.05) is 32.9 Å². The van der Waals surface area contributed by atoms with Gasteiger partial charge in [-0.25, -0.2) is 0 Å². The minimum atomic E-state index is 0.133. The molecule has 2 rings (SSSR count). The van der Waals surface area contributed by atoms with Gasteiger partial charge in [0.1, 0.15) is 5.75 Å². The molecule has 0 bridgehead atoms. The van der Waals surface area contributed by atoms with Crippen LogP contribution in [-0.4, -0.2) is 18.3 Å². The predicted molar refractivity (Wildman–Crippen MR) is 88.0 cm³/mol. The quantitative estimate of drug-likeness (QED) is 0.616. The molecular weight excluding hydrogens is 260 g/mol. The molecule has 1 aromatic rings. The van der Waals surface area contributed by atoms with E-state index >= 15 is 0 Å². The molecule has 0 saturated carbocycles. The molecule has 2 nitrogen and oxygen atoms in total. The maximum absolute atomic E-state index is 5.84. The topological polar surface area (TPSA) is 21.8 Å². The Morgan fingerprint density at radius 2 is 1.71 bits per heavy atom. The normalized spacial score (nSPS) is 21.3. The molecule has 2 unspecified atom stereocenters. The molecule has 1 aromatic carbocycles. The van der Waals surface area contributed by atoms with Crippen molar-refractivity contribution in [3.8, 4) is 5.75 Å². The highest BCUT2D eigenvalue weighted by Gasteiger charge is 2.46. The lowest BCUT2D eigenvalue weighted by Gasteiger charge is -2.12. The van der Waals surface area contributed by atoms with E-state index in [1.807, 2.05) is 0 Å². The third-order valence-corrected chi connectivity index (χ3v) is 4.51. The maximum atomic E-state index is 5.84. The van der Waals surface area contributed by atoms with Gasteiger partial charge in [0.2, 0.25) is 0 Å². The van der Waals surface area contributed by atoms with Crippen LogP contribution in [0.5, 0.6) is 5.75 Å². The largest absolute Gasteiger partial charge is 0.494 e. The van der Waals surface area contributed by atoms with Gasteiger partial charge in [0.25, 0.3) is 0 Å². The zero-order valence-corrected chi connectivity index (χ0v) is 14.2. The van der Waals surface area contributed by atoms with Crippen LogP contribution < -0.4 is 4.74 Å². The van der Waals surface area contributed by atoms with Crippen LogP contribution in [0.4, 0.5) is 0 Å². The molecule has 0 spiro atoms. The van der Waals surface area contributed by atoms with E-state index in [0.717, 1.165) is 18.8 Å². The number of rotatable bonds is 8. The monoisotopic (exact) mass is 290 g/mol. The first-order chi connectivity index (χ1) is 9.88. The maximum Gasteiger partial charge on any atom is 0.119 e. The molecule has 2 heteroatoms. The second-order valence-corrected chi connectivity index (χ2v) is 7.25. The molecule has 1 aliphatic heterocycles. The molecule has 0 aliphatic carbocycles. The van der Waals surface area contributed by atoms with E-state index in [1.54, 1.807) is 0 Å². The van der Waals surface area contributed by atoms with E-state index in [9.17, 15) is 0 Å². The van der Waals surface area contributed by atoms with Crippen LogP contribution in [0.25, 0.3) is 0 Å². The van der Waals surface area contributed by atoms with Crippen molar-refractivity contribution in [2.24, 2.45) is 5.92 Å². The first kappa shape index (κ1) is 16.4. The number of ether oxygens (including phenoxy) is 2. The lowest BCUT2D eigenvalue weighted by atomic mass is 9.98. The lowest BCUT2D eigenvalue weighted by molar-refractivity contribution is 0.271. The van der Waals surface area contributed by atoms with E-state index in [2.05, 4.69) is 58.9 Å². The van der Waals surface area contributed by atoms with Crippen LogP contribution in [0, 0.1) is 5.92 Å². The Kier molecular flexibility index (Phi) is 5.32. The highest BCUT2D eigenvalue weighted by atomic mass is 16.6. The molecule has 1 saturated heterocycles. The third-order valence-electron chi connectivity index (χ3n) is 4.51. The van der Waals surface area contributed by atoms with Crippen LogP contribution in [0.1, 0.15) is 65.4 Å². The van der Waals surface area contributed by atoms with Crippen LogP contribution in [-0.2, 0) is 4.74 Å². The van der Waals surface area contributed by atoms with Gasteiger partial charge >= 0.3 is 0 Å². The Morgan fingerprint density at radius 3 is 2.24 bits per heavy atom. The Labute approximate surface area is 129 Å². The average molecular weight is 290 g/mol. The third kappa shape index (κ3) is 5.03. The van der Waals surface area contributed by atoms with Crippen molar-refractivity contribution < 1.29 is 9.47 Å². The summed E-state index contributed by atoms with van der Waals surface area (Å²) in [5.41, 5.74) is 1.50.